The standard InChI is InChI=1S/C11H11ClN4O3/c1-7(3-4-13)15(2)11(17)9-5-8(16(18)19)6-14-10(9)12/h5-7H,3H2,1-2H3. The van der Waals surface area contributed by atoms with E-state index in [1.165, 1.54) is 11.9 Å². The highest BCUT2D eigenvalue weighted by Crippen LogP contribution is 2.21. The van der Waals surface area contributed by atoms with E-state index in [2.05, 4.69) is 4.98 Å². The number of carbonyl (C=O) groups excluding carboxylic acids is 1. The van der Waals surface area contributed by atoms with Crippen LogP contribution in [-0.2, 0) is 0 Å². The molecule has 1 aromatic rings. The molecule has 0 saturated heterocycles. The normalized spacial score (nSPS) is 11.5. The van der Waals surface area contributed by atoms with E-state index >= 15 is 0 Å². The summed E-state index contributed by atoms with van der Waals surface area (Å²) >= 11 is 5.78. The number of halogens is 1. The summed E-state index contributed by atoms with van der Waals surface area (Å²) in [6, 6.07) is 2.70. The van der Waals surface area contributed by atoms with Gasteiger partial charge < -0.3 is 4.90 Å². The van der Waals surface area contributed by atoms with Gasteiger partial charge in [0.1, 0.15) is 11.3 Å². The molecule has 0 aliphatic heterocycles. The molecule has 8 heteroatoms. The van der Waals surface area contributed by atoms with Gasteiger partial charge >= 0.3 is 0 Å². The zero-order valence-corrected chi connectivity index (χ0v) is 11.1. The summed E-state index contributed by atoms with van der Waals surface area (Å²) in [4.78, 5) is 27.0. The van der Waals surface area contributed by atoms with E-state index < -0.39 is 10.8 Å². The molecule has 0 spiro atoms. The first-order valence-electron chi connectivity index (χ1n) is 5.32. The average Bonchev–Trinajstić information content (AvgIpc) is 2.37. The summed E-state index contributed by atoms with van der Waals surface area (Å²) in [5.41, 5.74) is -0.364. The second kappa shape index (κ2) is 6.11. The van der Waals surface area contributed by atoms with Crippen LogP contribution in [0.4, 0.5) is 5.69 Å². The van der Waals surface area contributed by atoms with Crippen molar-refractivity contribution in [2.75, 3.05) is 7.05 Å². The molecule has 1 unspecified atom stereocenters. The highest BCUT2D eigenvalue weighted by atomic mass is 35.5. The molecule has 7 nitrogen and oxygen atoms in total. The molecule has 0 aliphatic carbocycles. The van der Waals surface area contributed by atoms with Crippen LogP contribution < -0.4 is 0 Å². The minimum absolute atomic E-state index is 0.0526. The first kappa shape index (κ1) is 14.9. The number of carbonyl (C=O) groups is 1. The van der Waals surface area contributed by atoms with E-state index in [4.69, 9.17) is 16.9 Å². The number of nitriles is 1. The number of aromatic nitrogens is 1. The van der Waals surface area contributed by atoms with Crippen LogP contribution in [0.3, 0.4) is 0 Å². The Morgan fingerprint density at radius 2 is 2.37 bits per heavy atom. The summed E-state index contributed by atoms with van der Waals surface area (Å²) in [5.74, 6) is -0.510. The fraction of sp³-hybridized carbons (Fsp3) is 0.364. The minimum atomic E-state index is -0.654. The van der Waals surface area contributed by atoms with Gasteiger partial charge in [-0.1, -0.05) is 11.6 Å². The summed E-state index contributed by atoms with van der Waals surface area (Å²) in [7, 11) is 1.50. The Morgan fingerprint density at radius 1 is 1.74 bits per heavy atom. The summed E-state index contributed by atoms with van der Waals surface area (Å²) in [5, 5.41) is 19.1. The lowest BCUT2D eigenvalue weighted by Crippen LogP contribution is -2.35. The van der Waals surface area contributed by atoms with Crippen molar-refractivity contribution in [2.45, 2.75) is 19.4 Å². The second-order valence-corrected chi connectivity index (χ2v) is 4.27. The van der Waals surface area contributed by atoms with Gasteiger partial charge in [0, 0.05) is 19.2 Å². The Balaban J connectivity index is 3.09. The van der Waals surface area contributed by atoms with Gasteiger partial charge in [-0.3, -0.25) is 14.9 Å². The lowest BCUT2D eigenvalue weighted by molar-refractivity contribution is -0.385. The molecular weight excluding hydrogens is 272 g/mol. The Labute approximate surface area is 114 Å². The number of amides is 1. The van der Waals surface area contributed by atoms with Gasteiger partial charge in [0.05, 0.1) is 23.0 Å². The van der Waals surface area contributed by atoms with Crippen LogP contribution in [0, 0.1) is 21.4 Å². The number of hydrogen-bond acceptors (Lipinski definition) is 5. The maximum atomic E-state index is 12.1. The smallest absolute Gasteiger partial charge is 0.288 e. The number of rotatable bonds is 4. The zero-order valence-electron chi connectivity index (χ0n) is 10.3. The van der Waals surface area contributed by atoms with E-state index in [0.717, 1.165) is 12.3 Å². The molecule has 1 atom stereocenters. The van der Waals surface area contributed by atoms with Crippen molar-refractivity contribution in [3.8, 4) is 6.07 Å². The second-order valence-electron chi connectivity index (χ2n) is 3.92. The summed E-state index contributed by atoms with van der Waals surface area (Å²) < 4.78 is 0. The maximum absolute atomic E-state index is 12.1. The van der Waals surface area contributed by atoms with Crippen molar-refractivity contribution in [1.29, 1.82) is 5.26 Å². The Bertz CT molecular complexity index is 555. The van der Waals surface area contributed by atoms with Gasteiger partial charge in [-0.2, -0.15) is 5.26 Å². The van der Waals surface area contributed by atoms with Gasteiger partial charge in [-0.05, 0) is 6.92 Å². The monoisotopic (exact) mass is 282 g/mol. The Morgan fingerprint density at radius 3 is 2.89 bits per heavy atom. The molecule has 1 aromatic heterocycles. The lowest BCUT2D eigenvalue weighted by Gasteiger charge is -2.23. The predicted octanol–water partition coefficient (Wildman–Crippen LogP) is 2.02. The van der Waals surface area contributed by atoms with Gasteiger partial charge in [0.2, 0.25) is 0 Å². The maximum Gasteiger partial charge on any atom is 0.288 e. The molecule has 1 rings (SSSR count). The first-order chi connectivity index (χ1) is 8.88. The molecule has 0 radical (unpaired) electrons. The third kappa shape index (κ3) is 3.39. The van der Waals surface area contributed by atoms with Gasteiger partial charge in [0.15, 0.2) is 0 Å². The molecule has 100 valence electrons. The van der Waals surface area contributed by atoms with Crippen molar-refractivity contribution in [1.82, 2.24) is 9.88 Å². The molecule has 0 aliphatic rings. The van der Waals surface area contributed by atoms with Crippen LogP contribution in [-0.4, -0.2) is 33.8 Å². The third-order valence-electron chi connectivity index (χ3n) is 2.63. The molecule has 0 bridgehead atoms. The lowest BCUT2D eigenvalue weighted by atomic mass is 10.2. The molecule has 0 N–H and O–H groups in total. The van der Waals surface area contributed by atoms with E-state index in [9.17, 15) is 14.9 Å². The SMILES string of the molecule is CC(CC#N)N(C)C(=O)c1cc([N+](=O)[O-])cnc1Cl. The molecule has 0 aromatic carbocycles. The Kier molecular flexibility index (Phi) is 4.78. The molecule has 19 heavy (non-hydrogen) atoms. The first-order valence-corrected chi connectivity index (χ1v) is 5.70. The van der Waals surface area contributed by atoms with Crippen molar-refractivity contribution in [2.24, 2.45) is 0 Å². The predicted molar refractivity (Wildman–Crippen MR) is 67.7 cm³/mol. The topological polar surface area (TPSA) is 100 Å². The van der Waals surface area contributed by atoms with Crippen LogP contribution in [0.1, 0.15) is 23.7 Å². The fourth-order valence-corrected chi connectivity index (χ4v) is 1.53. The van der Waals surface area contributed by atoms with Gasteiger partial charge in [-0.25, -0.2) is 4.98 Å². The Hall–Kier alpha value is -2.20. The fourth-order valence-electron chi connectivity index (χ4n) is 1.35. The molecule has 0 fully saturated rings. The van der Waals surface area contributed by atoms with Crippen molar-refractivity contribution in [3.63, 3.8) is 0 Å². The number of nitro groups is 1. The van der Waals surface area contributed by atoms with Crippen molar-refractivity contribution >= 4 is 23.2 Å². The van der Waals surface area contributed by atoms with Crippen molar-refractivity contribution < 1.29 is 9.72 Å². The minimum Gasteiger partial charge on any atom is -0.338 e. The highest BCUT2D eigenvalue weighted by Gasteiger charge is 2.22. The van der Waals surface area contributed by atoms with Crippen LogP contribution in [0.2, 0.25) is 5.15 Å². The quantitative estimate of drug-likeness (QED) is 0.478. The molecule has 1 amide bonds. The van der Waals surface area contributed by atoms with E-state index in [1.807, 2.05) is 6.07 Å². The molecule has 0 saturated carbocycles. The molecule has 1 heterocycles. The largest absolute Gasteiger partial charge is 0.338 e. The summed E-state index contributed by atoms with van der Waals surface area (Å²) in [6.45, 7) is 1.69. The van der Waals surface area contributed by atoms with Crippen molar-refractivity contribution in [3.05, 3.63) is 33.1 Å². The number of nitrogens with zero attached hydrogens (tertiary/aromatic N) is 4. The van der Waals surface area contributed by atoms with Gasteiger partial charge in [0.25, 0.3) is 11.6 Å². The molecular formula is C11H11ClN4O3. The average molecular weight is 283 g/mol. The number of hydrogen-bond donors (Lipinski definition) is 0. The zero-order chi connectivity index (χ0) is 14.6. The van der Waals surface area contributed by atoms with Crippen LogP contribution >= 0.6 is 11.6 Å². The summed E-state index contributed by atoms with van der Waals surface area (Å²) in [6.07, 6.45) is 1.14. The van der Waals surface area contributed by atoms with E-state index in [-0.39, 0.29) is 28.9 Å². The van der Waals surface area contributed by atoms with Crippen LogP contribution in [0.25, 0.3) is 0 Å². The number of pyridine rings is 1. The van der Waals surface area contributed by atoms with Gasteiger partial charge in [-0.15, -0.1) is 0 Å². The van der Waals surface area contributed by atoms with Crippen LogP contribution in [0.5, 0.6) is 0 Å². The van der Waals surface area contributed by atoms with E-state index in [1.54, 1.807) is 6.92 Å². The van der Waals surface area contributed by atoms with Crippen LogP contribution in [0.15, 0.2) is 12.3 Å². The highest BCUT2D eigenvalue weighted by molar-refractivity contribution is 6.32. The van der Waals surface area contributed by atoms with E-state index in [0.29, 0.717) is 0 Å². The third-order valence-corrected chi connectivity index (χ3v) is 2.94.